The number of amides is 2. The van der Waals surface area contributed by atoms with Crippen molar-refractivity contribution in [1.82, 2.24) is 15.1 Å². The van der Waals surface area contributed by atoms with Crippen LogP contribution in [0.3, 0.4) is 0 Å². The van der Waals surface area contributed by atoms with Crippen molar-refractivity contribution in [2.45, 2.75) is 25.7 Å². The Kier molecular flexibility index (Phi) is 6.49. The van der Waals surface area contributed by atoms with E-state index in [-0.39, 0.29) is 17.7 Å². The molecular formula is C23H24N4O2S. The molecule has 154 valence electrons. The number of aromatic nitrogens is 2. The van der Waals surface area contributed by atoms with Gasteiger partial charge in [-0.15, -0.1) is 10.2 Å². The maximum absolute atomic E-state index is 13.3. The molecule has 30 heavy (non-hydrogen) atoms. The molecule has 0 radical (unpaired) electrons. The summed E-state index contributed by atoms with van der Waals surface area (Å²) in [5.74, 6) is -0.322. The molecule has 0 unspecified atom stereocenters. The molecule has 1 saturated heterocycles. The molecule has 1 aromatic heterocycles. The van der Waals surface area contributed by atoms with Crippen LogP contribution in [0.2, 0.25) is 0 Å². The van der Waals surface area contributed by atoms with Gasteiger partial charge in [0.25, 0.3) is 5.91 Å². The molecule has 2 heterocycles. The number of hydrogen-bond donors (Lipinski definition) is 1. The van der Waals surface area contributed by atoms with E-state index >= 15 is 0 Å². The monoisotopic (exact) mass is 420 g/mol. The highest BCUT2D eigenvalue weighted by atomic mass is 32.1. The Bertz CT molecular complexity index is 991. The Labute approximate surface area is 180 Å². The van der Waals surface area contributed by atoms with Gasteiger partial charge in [0, 0.05) is 18.7 Å². The van der Waals surface area contributed by atoms with Gasteiger partial charge >= 0.3 is 0 Å². The first-order valence-corrected chi connectivity index (χ1v) is 11.1. The second-order valence-corrected chi connectivity index (χ2v) is 8.30. The van der Waals surface area contributed by atoms with Crippen LogP contribution in [0.25, 0.3) is 0 Å². The number of nitrogens with zero attached hydrogens (tertiary/aromatic N) is 3. The van der Waals surface area contributed by atoms with Gasteiger partial charge in [-0.3, -0.25) is 9.59 Å². The molecule has 3 aromatic rings. The fourth-order valence-corrected chi connectivity index (χ4v) is 4.30. The average Bonchev–Trinajstić information content (AvgIpc) is 3.31. The highest BCUT2D eigenvalue weighted by Gasteiger charge is 2.30. The SMILES string of the molecule is O=C(Nc1nncs1)[C@H]1CCCN(C(=O)c2ccccc2CCc2ccccc2)C1. The first kappa shape index (κ1) is 20.2. The number of aryl methyl sites for hydroxylation is 2. The molecule has 7 heteroatoms. The van der Waals surface area contributed by atoms with Crippen molar-refractivity contribution in [2.24, 2.45) is 5.92 Å². The Morgan fingerprint density at radius 2 is 1.87 bits per heavy atom. The van der Waals surface area contributed by atoms with Crippen LogP contribution in [0.1, 0.15) is 34.3 Å². The highest BCUT2D eigenvalue weighted by Crippen LogP contribution is 2.22. The second kappa shape index (κ2) is 9.63. The first-order chi connectivity index (χ1) is 14.7. The predicted molar refractivity (Wildman–Crippen MR) is 117 cm³/mol. The Morgan fingerprint density at radius 3 is 2.67 bits per heavy atom. The molecule has 4 rings (SSSR count). The van der Waals surface area contributed by atoms with Crippen molar-refractivity contribution in [3.8, 4) is 0 Å². The maximum atomic E-state index is 13.3. The van der Waals surface area contributed by atoms with Gasteiger partial charge in [0.2, 0.25) is 11.0 Å². The smallest absolute Gasteiger partial charge is 0.254 e. The Morgan fingerprint density at radius 1 is 1.07 bits per heavy atom. The molecule has 1 fully saturated rings. The van der Waals surface area contributed by atoms with E-state index in [0.29, 0.717) is 18.2 Å². The van der Waals surface area contributed by atoms with E-state index < -0.39 is 0 Å². The number of benzene rings is 2. The summed E-state index contributed by atoms with van der Waals surface area (Å²) >= 11 is 1.29. The fourth-order valence-electron chi connectivity index (χ4n) is 3.85. The first-order valence-electron chi connectivity index (χ1n) is 10.2. The number of hydrogen-bond acceptors (Lipinski definition) is 5. The zero-order valence-electron chi connectivity index (χ0n) is 16.7. The summed E-state index contributed by atoms with van der Waals surface area (Å²) in [7, 11) is 0. The van der Waals surface area contributed by atoms with E-state index in [2.05, 4.69) is 27.6 Å². The summed E-state index contributed by atoms with van der Waals surface area (Å²) in [5.41, 5.74) is 4.62. The zero-order valence-corrected chi connectivity index (χ0v) is 17.5. The lowest BCUT2D eigenvalue weighted by molar-refractivity contribution is -0.121. The number of rotatable bonds is 6. The number of anilines is 1. The summed E-state index contributed by atoms with van der Waals surface area (Å²) in [6, 6.07) is 18.1. The minimum Gasteiger partial charge on any atom is -0.338 e. The summed E-state index contributed by atoms with van der Waals surface area (Å²) in [6.07, 6.45) is 3.27. The van der Waals surface area contributed by atoms with Crippen molar-refractivity contribution in [3.63, 3.8) is 0 Å². The molecular weight excluding hydrogens is 396 g/mol. The van der Waals surface area contributed by atoms with Crippen LogP contribution >= 0.6 is 11.3 Å². The standard InChI is InChI=1S/C23H24N4O2S/c28-21(25-23-26-24-16-30-23)19-10-6-14-27(15-19)22(29)20-11-5-4-9-18(20)13-12-17-7-2-1-3-8-17/h1-5,7-9,11,16,19H,6,10,12-15H2,(H,25,26,28)/t19-/m0/s1. The number of carbonyl (C=O) groups is 2. The molecule has 1 N–H and O–H groups in total. The molecule has 2 amide bonds. The van der Waals surface area contributed by atoms with Gasteiger partial charge in [0.1, 0.15) is 5.51 Å². The molecule has 1 aliphatic heterocycles. The van der Waals surface area contributed by atoms with E-state index in [1.807, 2.05) is 47.4 Å². The molecule has 1 aliphatic rings. The quantitative estimate of drug-likeness (QED) is 0.658. The topological polar surface area (TPSA) is 75.2 Å². The molecule has 0 bridgehead atoms. The maximum Gasteiger partial charge on any atom is 0.254 e. The van der Waals surface area contributed by atoms with Crippen molar-refractivity contribution in [2.75, 3.05) is 18.4 Å². The lowest BCUT2D eigenvalue weighted by Crippen LogP contribution is -2.44. The summed E-state index contributed by atoms with van der Waals surface area (Å²) < 4.78 is 0. The Hall–Kier alpha value is -3.06. The third-order valence-corrected chi connectivity index (χ3v) is 6.05. The van der Waals surface area contributed by atoms with E-state index in [1.165, 1.54) is 16.9 Å². The lowest BCUT2D eigenvalue weighted by Gasteiger charge is -2.32. The molecule has 6 nitrogen and oxygen atoms in total. The zero-order chi connectivity index (χ0) is 20.8. The minimum absolute atomic E-state index is 0.00655. The van der Waals surface area contributed by atoms with Crippen molar-refractivity contribution >= 4 is 28.3 Å². The number of nitrogens with one attached hydrogen (secondary N) is 1. The molecule has 0 saturated carbocycles. The van der Waals surface area contributed by atoms with E-state index in [1.54, 1.807) is 5.51 Å². The van der Waals surface area contributed by atoms with E-state index in [0.717, 1.165) is 36.8 Å². The molecule has 0 aliphatic carbocycles. The Balaban J connectivity index is 1.43. The third kappa shape index (κ3) is 4.91. The summed E-state index contributed by atoms with van der Waals surface area (Å²) in [6.45, 7) is 1.10. The van der Waals surface area contributed by atoms with Gasteiger partial charge in [-0.1, -0.05) is 59.9 Å². The number of carbonyl (C=O) groups excluding carboxylic acids is 2. The third-order valence-electron chi connectivity index (χ3n) is 5.44. The lowest BCUT2D eigenvalue weighted by atomic mass is 9.95. The van der Waals surface area contributed by atoms with Crippen molar-refractivity contribution < 1.29 is 9.59 Å². The van der Waals surface area contributed by atoms with Gasteiger partial charge in [-0.2, -0.15) is 0 Å². The fraction of sp³-hybridized carbons (Fsp3) is 0.304. The predicted octanol–water partition coefficient (Wildman–Crippen LogP) is 3.81. The summed E-state index contributed by atoms with van der Waals surface area (Å²) in [5, 5.41) is 10.9. The van der Waals surface area contributed by atoms with Crippen LogP contribution in [0.5, 0.6) is 0 Å². The van der Waals surface area contributed by atoms with E-state index in [4.69, 9.17) is 0 Å². The minimum atomic E-state index is -0.233. The van der Waals surface area contributed by atoms with Crippen LogP contribution in [0.15, 0.2) is 60.1 Å². The summed E-state index contributed by atoms with van der Waals surface area (Å²) in [4.78, 5) is 27.7. The second-order valence-electron chi connectivity index (χ2n) is 7.47. The number of likely N-dealkylation sites (tertiary alicyclic amines) is 1. The van der Waals surface area contributed by atoms with Gasteiger partial charge in [-0.05, 0) is 42.9 Å². The van der Waals surface area contributed by atoms with Crippen LogP contribution in [0.4, 0.5) is 5.13 Å². The molecule has 0 spiro atoms. The van der Waals surface area contributed by atoms with Crippen molar-refractivity contribution in [3.05, 3.63) is 76.8 Å². The van der Waals surface area contributed by atoms with Gasteiger partial charge < -0.3 is 10.2 Å². The largest absolute Gasteiger partial charge is 0.338 e. The van der Waals surface area contributed by atoms with Gasteiger partial charge in [0.05, 0.1) is 5.92 Å². The number of piperidine rings is 1. The van der Waals surface area contributed by atoms with Gasteiger partial charge in [-0.25, -0.2) is 0 Å². The molecule has 1 atom stereocenters. The van der Waals surface area contributed by atoms with Crippen molar-refractivity contribution in [1.29, 1.82) is 0 Å². The van der Waals surface area contributed by atoms with Crippen LogP contribution < -0.4 is 5.32 Å². The van der Waals surface area contributed by atoms with Crippen LogP contribution in [0, 0.1) is 5.92 Å². The average molecular weight is 421 g/mol. The molecule has 2 aromatic carbocycles. The van der Waals surface area contributed by atoms with Crippen LogP contribution in [-0.2, 0) is 17.6 Å². The van der Waals surface area contributed by atoms with Crippen LogP contribution in [-0.4, -0.2) is 40.0 Å². The highest BCUT2D eigenvalue weighted by molar-refractivity contribution is 7.13. The normalized spacial score (nSPS) is 16.3. The van der Waals surface area contributed by atoms with E-state index in [9.17, 15) is 9.59 Å². The van der Waals surface area contributed by atoms with Gasteiger partial charge in [0.15, 0.2) is 0 Å².